The Balaban J connectivity index is 1.99. The van der Waals surface area contributed by atoms with Crippen LogP contribution in [0.1, 0.15) is 19.8 Å². The van der Waals surface area contributed by atoms with Crippen molar-refractivity contribution in [2.45, 2.75) is 25.9 Å². The first-order valence-corrected chi connectivity index (χ1v) is 5.98. The molecule has 4 nitrogen and oxygen atoms in total. The molecule has 0 aliphatic carbocycles. The quantitative estimate of drug-likeness (QED) is 0.786. The SMILES string of the molecule is CCC1OCCC1C(=O)Nc1ccc(N)cc1. The first-order valence-electron chi connectivity index (χ1n) is 5.98. The third-order valence-corrected chi connectivity index (χ3v) is 3.13. The number of amides is 1. The van der Waals surface area contributed by atoms with E-state index in [1.54, 1.807) is 12.1 Å². The number of hydrogen-bond donors (Lipinski definition) is 2. The fraction of sp³-hybridized carbons (Fsp3) is 0.462. The summed E-state index contributed by atoms with van der Waals surface area (Å²) in [6.07, 6.45) is 1.74. The second-order valence-electron chi connectivity index (χ2n) is 4.32. The van der Waals surface area contributed by atoms with E-state index in [4.69, 9.17) is 10.5 Å². The van der Waals surface area contributed by atoms with Crippen LogP contribution in [0.3, 0.4) is 0 Å². The molecule has 2 rings (SSSR count). The zero-order valence-electron chi connectivity index (χ0n) is 9.98. The molecule has 0 spiro atoms. The number of carbonyl (C=O) groups is 1. The Kier molecular flexibility index (Phi) is 3.64. The number of nitrogens with one attached hydrogen (secondary N) is 1. The van der Waals surface area contributed by atoms with Crippen molar-refractivity contribution in [3.63, 3.8) is 0 Å². The van der Waals surface area contributed by atoms with Crippen LogP contribution in [0.25, 0.3) is 0 Å². The van der Waals surface area contributed by atoms with Crippen LogP contribution in [-0.4, -0.2) is 18.6 Å². The predicted molar refractivity (Wildman–Crippen MR) is 67.6 cm³/mol. The third kappa shape index (κ3) is 2.77. The van der Waals surface area contributed by atoms with Crippen molar-refractivity contribution < 1.29 is 9.53 Å². The lowest BCUT2D eigenvalue weighted by atomic mass is 9.98. The average Bonchev–Trinajstić information content (AvgIpc) is 2.80. The highest BCUT2D eigenvalue weighted by Gasteiger charge is 2.32. The van der Waals surface area contributed by atoms with Crippen LogP contribution in [0.5, 0.6) is 0 Å². The van der Waals surface area contributed by atoms with Gasteiger partial charge in [-0.25, -0.2) is 0 Å². The van der Waals surface area contributed by atoms with E-state index in [1.165, 1.54) is 0 Å². The summed E-state index contributed by atoms with van der Waals surface area (Å²) in [7, 11) is 0. The number of anilines is 2. The van der Waals surface area contributed by atoms with E-state index in [0.29, 0.717) is 12.3 Å². The Morgan fingerprint density at radius 3 is 2.82 bits per heavy atom. The van der Waals surface area contributed by atoms with Crippen molar-refractivity contribution in [3.8, 4) is 0 Å². The lowest BCUT2D eigenvalue weighted by molar-refractivity contribution is -0.121. The van der Waals surface area contributed by atoms with Gasteiger partial charge in [0, 0.05) is 18.0 Å². The van der Waals surface area contributed by atoms with Gasteiger partial charge in [0.2, 0.25) is 5.91 Å². The first-order chi connectivity index (χ1) is 8.20. The second-order valence-corrected chi connectivity index (χ2v) is 4.32. The largest absolute Gasteiger partial charge is 0.399 e. The van der Waals surface area contributed by atoms with Crippen molar-refractivity contribution in [2.75, 3.05) is 17.7 Å². The van der Waals surface area contributed by atoms with Crippen LogP contribution in [0.4, 0.5) is 11.4 Å². The summed E-state index contributed by atoms with van der Waals surface area (Å²) in [5, 5.41) is 2.90. The highest BCUT2D eigenvalue weighted by Crippen LogP contribution is 2.25. The molecule has 92 valence electrons. The summed E-state index contributed by atoms with van der Waals surface area (Å²) < 4.78 is 5.51. The van der Waals surface area contributed by atoms with E-state index < -0.39 is 0 Å². The molecule has 1 fully saturated rings. The van der Waals surface area contributed by atoms with Crippen LogP contribution in [0, 0.1) is 5.92 Å². The molecule has 1 aromatic rings. The zero-order valence-corrected chi connectivity index (χ0v) is 9.98. The van der Waals surface area contributed by atoms with Gasteiger partial charge in [-0.2, -0.15) is 0 Å². The molecule has 1 amide bonds. The van der Waals surface area contributed by atoms with Crippen LogP contribution < -0.4 is 11.1 Å². The van der Waals surface area contributed by atoms with Gasteiger partial charge < -0.3 is 15.8 Å². The molecule has 0 bridgehead atoms. The lowest BCUT2D eigenvalue weighted by Gasteiger charge is -2.16. The number of benzene rings is 1. The van der Waals surface area contributed by atoms with Crippen LogP contribution in [0.2, 0.25) is 0 Å². The maximum Gasteiger partial charge on any atom is 0.230 e. The van der Waals surface area contributed by atoms with Crippen molar-refractivity contribution in [2.24, 2.45) is 5.92 Å². The van der Waals surface area contributed by atoms with Gasteiger partial charge in [-0.1, -0.05) is 6.92 Å². The van der Waals surface area contributed by atoms with Gasteiger partial charge in [-0.3, -0.25) is 4.79 Å². The van der Waals surface area contributed by atoms with Crippen molar-refractivity contribution in [3.05, 3.63) is 24.3 Å². The smallest absolute Gasteiger partial charge is 0.230 e. The zero-order chi connectivity index (χ0) is 12.3. The summed E-state index contributed by atoms with van der Waals surface area (Å²) >= 11 is 0. The molecule has 2 unspecified atom stereocenters. The summed E-state index contributed by atoms with van der Waals surface area (Å²) in [6, 6.07) is 7.17. The maximum atomic E-state index is 12.0. The van der Waals surface area contributed by atoms with Crippen LogP contribution in [-0.2, 0) is 9.53 Å². The molecular weight excluding hydrogens is 216 g/mol. The number of nitrogens with two attached hydrogens (primary N) is 1. The van der Waals surface area contributed by atoms with Gasteiger partial charge >= 0.3 is 0 Å². The molecule has 4 heteroatoms. The average molecular weight is 234 g/mol. The summed E-state index contributed by atoms with van der Waals surface area (Å²) in [5.74, 6) is 0.0108. The van der Waals surface area contributed by atoms with E-state index in [1.807, 2.05) is 19.1 Å². The molecule has 0 saturated carbocycles. The fourth-order valence-corrected chi connectivity index (χ4v) is 2.15. The van der Waals surface area contributed by atoms with E-state index >= 15 is 0 Å². The molecule has 1 saturated heterocycles. The summed E-state index contributed by atoms with van der Waals surface area (Å²) in [6.45, 7) is 2.72. The molecule has 1 heterocycles. The van der Waals surface area contributed by atoms with E-state index in [2.05, 4.69) is 5.32 Å². The number of nitrogen functional groups attached to an aromatic ring is 1. The summed E-state index contributed by atoms with van der Waals surface area (Å²) in [5.41, 5.74) is 7.07. The van der Waals surface area contributed by atoms with E-state index in [0.717, 1.165) is 18.5 Å². The Labute approximate surface area is 101 Å². The molecule has 2 atom stereocenters. The van der Waals surface area contributed by atoms with Gasteiger partial charge in [0.15, 0.2) is 0 Å². The lowest BCUT2D eigenvalue weighted by Crippen LogP contribution is -2.29. The maximum absolute atomic E-state index is 12.0. The molecule has 1 aliphatic rings. The standard InChI is InChI=1S/C13H18N2O2/c1-2-12-11(7-8-17-12)13(16)15-10-5-3-9(14)4-6-10/h3-6,11-12H,2,7-8,14H2,1H3,(H,15,16). The first kappa shape index (κ1) is 11.9. The van der Waals surface area contributed by atoms with Crippen molar-refractivity contribution in [1.82, 2.24) is 0 Å². The monoisotopic (exact) mass is 234 g/mol. The third-order valence-electron chi connectivity index (χ3n) is 3.13. The molecule has 3 N–H and O–H groups in total. The molecule has 17 heavy (non-hydrogen) atoms. The minimum atomic E-state index is -0.0300. The number of carbonyl (C=O) groups excluding carboxylic acids is 1. The van der Waals surface area contributed by atoms with Crippen LogP contribution in [0.15, 0.2) is 24.3 Å². The molecule has 0 aromatic heterocycles. The highest BCUT2D eigenvalue weighted by molar-refractivity contribution is 5.93. The van der Waals surface area contributed by atoms with E-state index in [-0.39, 0.29) is 17.9 Å². The number of hydrogen-bond acceptors (Lipinski definition) is 3. The normalized spacial score (nSPS) is 23.6. The van der Waals surface area contributed by atoms with Gasteiger partial charge in [0.1, 0.15) is 0 Å². The van der Waals surface area contributed by atoms with Crippen molar-refractivity contribution >= 4 is 17.3 Å². The molecule has 1 aromatic carbocycles. The Morgan fingerprint density at radius 1 is 1.47 bits per heavy atom. The molecule has 1 aliphatic heterocycles. The van der Waals surface area contributed by atoms with Gasteiger partial charge in [-0.15, -0.1) is 0 Å². The minimum Gasteiger partial charge on any atom is -0.399 e. The molecular formula is C13H18N2O2. The topological polar surface area (TPSA) is 64.3 Å². The molecule has 0 radical (unpaired) electrons. The van der Waals surface area contributed by atoms with Crippen LogP contribution >= 0.6 is 0 Å². The Morgan fingerprint density at radius 2 is 2.18 bits per heavy atom. The van der Waals surface area contributed by atoms with E-state index in [9.17, 15) is 4.79 Å². The number of rotatable bonds is 3. The Hall–Kier alpha value is -1.55. The Bertz CT molecular complexity index is 389. The van der Waals surface area contributed by atoms with Gasteiger partial charge in [-0.05, 0) is 37.1 Å². The van der Waals surface area contributed by atoms with Crippen molar-refractivity contribution in [1.29, 1.82) is 0 Å². The van der Waals surface area contributed by atoms with Gasteiger partial charge in [0.25, 0.3) is 0 Å². The summed E-state index contributed by atoms with van der Waals surface area (Å²) in [4.78, 5) is 12.0. The predicted octanol–water partition coefficient (Wildman–Crippen LogP) is 2.02. The number of ether oxygens (including phenoxy) is 1. The fourth-order valence-electron chi connectivity index (χ4n) is 2.15. The van der Waals surface area contributed by atoms with Gasteiger partial charge in [0.05, 0.1) is 12.0 Å². The minimum absolute atomic E-state index is 0.0300. The second kappa shape index (κ2) is 5.19. The highest BCUT2D eigenvalue weighted by atomic mass is 16.5.